The molecule has 112 valence electrons. The van der Waals surface area contributed by atoms with Crippen LogP contribution in [0.5, 0.6) is 0 Å². The number of hydrogen-bond acceptors (Lipinski definition) is 2. The van der Waals surface area contributed by atoms with Crippen LogP contribution in [0.4, 0.5) is 4.39 Å². The average Bonchev–Trinajstić information content (AvgIpc) is 2.46. The van der Waals surface area contributed by atoms with Gasteiger partial charge in [-0.05, 0) is 43.8 Å². The largest absolute Gasteiger partial charge is 0.385 e. The molecular weight excluding hydrogens is 265 g/mol. The number of aliphatic hydroxyl groups is 1. The fraction of sp³-hybridized carbons (Fsp3) is 0.333. The second-order valence-corrected chi connectivity index (χ2v) is 5.76. The summed E-state index contributed by atoms with van der Waals surface area (Å²) in [6, 6.07) is 16.1. The molecule has 1 unspecified atom stereocenters. The highest BCUT2D eigenvalue weighted by Gasteiger charge is 2.29. The summed E-state index contributed by atoms with van der Waals surface area (Å²) in [4.78, 5) is 2.02. The Kier molecular flexibility index (Phi) is 5.10. The average molecular weight is 287 g/mol. The van der Waals surface area contributed by atoms with Gasteiger partial charge in [0.15, 0.2) is 0 Å². The number of nitrogens with zero attached hydrogens (tertiary/aromatic N) is 1. The molecule has 0 aromatic heterocycles. The molecule has 2 rings (SSSR count). The summed E-state index contributed by atoms with van der Waals surface area (Å²) < 4.78 is 13.5. The van der Waals surface area contributed by atoms with Crippen molar-refractivity contribution in [1.82, 2.24) is 4.90 Å². The lowest BCUT2D eigenvalue weighted by Crippen LogP contribution is -2.33. The molecule has 21 heavy (non-hydrogen) atoms. The molecule has 0 saturated carbocycles. The lowest BCUT2D eigenvalue weighted by atomic mass is 9.84. The molecule has 0 radical (unpaired) electrons. The van der Waals surface area contributed by atoms with Gasteiger partial charge in [0.25, 0.3) is 0 Å². The number of rotatable bonds is 6. The molecule has 0 saturated heterocycles. The molecule has 0 heterocycles. The topological polar surface area (TPSA) is 23.5 Å². The molecule has 0 fully saturated rings. The van der Waals surface area contributed by atoms with Crippen molar-refractivity contribution in [3.05, 3.63) is 71.5 Å². The van der Waals surface area contributed by atoms with E-state index < -0.39 is 5.60 Å². The monoisotopic (exact) mass is 287 g/mol. The standard InChI is InChI=1S/C18H22FNO/c1-20(2)12-11-18(21,14-15-7-4-3-5-8-15)16-9-6-10-17(19)13-16/h3-10,13,21H,11-12,14H2,1-2H3. The molecule has 2 nitrogen and oxygen atoms in total. The van der Waals surface area contributed by atoms with E-state index >= 15 is 0 Å². The molecule has 2 aromatic carbocycles. The van der Waals surface area contributed by atoms with Gasteiger partial charge in [-0.25, -0.2) is 4.39 Å². The molecule has 3 heteroatoms. The van der Waals surface area contributed by atoms with E-state index in [-0.39, 0.29) is 5.82 Å². The Bertz CT molecular complexity index is 570. The molecule has 2 aromatic rings. The van der Waals surface area contributed by atoms with Crippen LogP contribution in [0, 0.1) is 5.82 Å². The number of benzene rings is 2. The first-order chi connectivity index (χ1) is 9.99. The van der Waals surface area contributed by atoms with Gasteiger partial charge in [0, 0.05) is 13.0 Å². The predicted molar refractivity (Wildman–Crippen MR) is 83.6 cm³/mol. The van der Waals surface area contributed by atoms with E-state index in [1.54, 1.807) is 12.1 Å². The van der Waals surface area contributed by atoms with Gasteiger partial charge in [0.05, 0.1) is 5.60 Å². The first kappa shape index (κ1) is 15.7. The van der Waals surface area contributed by atoms with Crippen molar-refractivity contribution in [3.63, 3.8) is 0 Å². The van der Waals surface area contributed by atoms with Crippen LogP contribution in [0.3, 0.4) is 0 Å². The van der Waals surface area contributed by atoms with E-state index in [1.165, 1.54) is 12.1 Å². The fourth-order valence-electron chi connectivity index (χ4n) is 2.45. The fourth-order valence-corrected chi connectivity index (χ4v) is 2.45. The molecule has 0 amide bonds. The number of halogens is 1. The molecule has 0 bridgehead atoms. The lowest BCUT2D eigenvalue weighted by Gasteiger charge is -2.30. The van der Waals surface area contributed by atoms with Crippen LogP contribution in [0.15, 0.2) is 54.6 Å². The van der Waals surface area contributed by atoms with Crippen LogP contribution >= 0.6 is 0 Å². The Morgan fingerprint density at radius 2 is 1.76 bits per heavy atom. The second kappa shape index (κ2) is 6.83. The Balaban J connectivity index is 2.29. The van der Waals surface area contributed by atoms with E-state index in [1.807, 2.05) is 49.3 Å². The maximum absolute atomic E-state index is 13.5. The van der Waals surface area contributed by atoms with Gasteiger partial charge in [0.1, 0.15) is 5.82 Å². The second-order valence-electron chi connectivity index (χ2n) is 5.76. The summed E-state index contributed by atoms with van der Waals surface area (Å²) in [7, 11) is 3.93. The summed E-state index contributed by atoms with van der Waals surface area (Å²) in [5.41, 5.74) is 0.615. The summed E-state index contributed by atoms with van der Waals surface area (Å²) in [6.07, 6.45) is 1.03. The third-order valence-electron chi connectivity index (χ3n) is 3.67. The van der Waals surface area contributed by atoms with Gasteiger partial charge in [-0.2, -0.15) is 0 Å². The zero-order valence-electron chi connectivity index (χ0n) is 12.6. The molecule has 0 aliphatic heterocycles. The van der Waals surface area contributed by atoms with E-state index in [0.29, 0.717) is 18.4 Å². The van der Waals surface area contributed by atoms with Gasteiger partial charge >= 0.3 is 0 Å². The molecule has 0 aliphatic carbocycles. The Hall–Kier alpha value is -1.71. The molecule has 1 atom stereocenters. The zero-order valence-corrected chi connectivity index (χ0v) is 12.6. The van der Waals surface area contributed by atoms with Crippen molar-refractivity contribution in [3.8, 4) is 0 Å². The van der Waals surface area contributed by atoms with Crippen LogP contribution in [0.25, 0.3) is 0 Å². The highest BCUT2D eigenvalue weighted by molar-refractivity contribution is 5.27. The summed E-state index contributed by atoms with van der Waals surface area (Å²) in [5.74, 6) is -0.316. The molecule has 1 N–H and O–H groups in total. The van der Waals surface area contributed by atoms with E-state index in [4.69, 9.17) is 0 Å². The van der Waals surface area contributed by atoms with Gasteiger partial charge in [-0.15, -0.1) is 0 Å². The van der Waals surface area contributed by atoms with Crippen LogP contribution < -0.4 is 0 Å². The SMILES string of the molecule is CN(C)CCC(O)(Cc1ccccc1)c1cccc(F)c1. The number of hydrogen-bond donors (Lipinski definition) is 1. The lowest BCUT2D eigenvalue weighted by molar-refractivity contribution is 0.0209. The normalized spacial score (nSPS) is 14.1. The highest BCUT2D eigenvalue weighted by Crippen LogP contribution is 2.30. The Morgan fingerprint density at radius 3 is 2.38 bits per heavy atom. The minimum absolute atomic E-state index is 0.316. The van der Waals surface area contributed by atoms with Crippen molar-refractivity contribution < 1.29 is 9.50 Å². The summed E-state index contributed by atoms with van der Waals surface area (Å²) in [5, 5.41) is 11.1. The van der Waals surface area contributed by atoms with Crippen LogP contribution in [-0.2, 0) is 12.0 Å². The summed E-state index contributed by atoms with van der Waals surface area (Å²) in [6.45, 7) is 0.736. The quantitative estimate of drug-likeness (QED) is 0.882. The van der Waals surface area contributed by atoms with E-state index in [0.717, 1.165) is 12.1 Å². The van der Waals surface area contributed by atoms with Gasteiger partial charge < -0.3 is 10.0 Å². The molecule has 0 spiro atoms. The first-order valence-corrected chi connectivity index (χ1v) is 7.17. The third kappa shape index (κ3) is 4.38. The van der Waals surface area contributed by atoms with Crippen molar-refractivity contribution in [2.24, 2.45) is 0 Å². The van der Waals surface area contributed by atoms with Crippen molar-refractivity contribution in [2.75, 3.05) is 20.6 Å². The van der Waals surface area contributed by atoms with Gasteiger partial charge in [0.2, 0.25) is 0 Å². The minimum atomic E-state index is -1.06. The summed E-state index contributed by atoms with van der Waals surface area (Å²) >= 11 is 0. The zero-order chi connectivity index (χ0) is 15.3. The van der Waals surface area contributed by atoms with Crippen molar-refractivity contribution in [1.29, 1.82) is 0 Å². The minimum Gasteiger partial charge on any atom is -0.385 e. The Morgan fingerprint density at radius 1 is 1.05 bits per heavy atom. The van der Waals surface area contributed by atoms with Crippen LogP contribution in [0.1, 0.15) is 17.5 Å². The van der Waals surface area contributed by atoms with Crippen LogP contribution in [-0.4, -0.2) is 30.6 Å². The third-order valence-corrected chi connectivity index (χ3v) is 3.67. The predicted octanol–water partition coefficient (Wildman–Crippen LogP) is 3.21. The maximum Gasteiger partial charge on any atom is 0.123 e. The van der Waals surface area contributed by atoms with Crippen LogP contribution in [0.2, 0.25) is 0 Å². The maximum atomic E-state index is 13.5. The van der Waals surface area contributed by atoms with Crippen molar-refractivity contribution in [2.45, 2.75) is 18.4 Å². The van der Waals surface area contributed by atoms with Crippen molar-refractivity contribution >= 4 is 0 Å². The van der Waals surface area contributed by atoms with E-state index in [9.17, 15) is 9.50 Å². The molecular formula is C18H22FNO. The van der Waals surface area contributed by atoms with Gasteiger partial charge in [-0.3, -0.25) is 0 Å². The Labute approximate surface area is 125 Å². The highest BCUT2D eigenvalue weighted by atomic mass is 19.1. The first-order valence-electron chi connectivity index (χ1n) is 7.17. The van der Waals surface area contributed by atoms with E-state index in [2.05, 4.69) is 0 Å². The smallest absolute Gasteiger partial charge is 0.123 e. The van der Waals surface area contributed by atoms with Gasteiger partial charge in [-0.1, -0.05) is 42.5 Å². The molecule has 0 aliphatic rings.